The molecule has 6 atom stereocenters. The Morgan fingerprint density at radius 2 is 1.57 bits per heavy atom. The number of rotatable bonds is 11. The van der Waals surface area contributed by atoms with Crippen LogP contribution in [0.1, 0.15) is 139 Å². The van der Waals surface area contributed by atoms with Gasteiger partial charge in [-0.05, 0) is 111 Å². The second kappa shape index (κ2) is 18.6. The molecule has 0 bridgehead atoms. The molecular weight excluding hydrogens is 574 g/mol. The minimum atomic E-state index is -0.676. The van der Waals surface area contributed by atoms with E-state index >= 15 is 0 Å². The summed E-state index contributed by atoms with van der Waals surface area (Å²) in [6.45, 7) is 0.612. The summed E-state index contributed by atoms with van der Waals surface area (Å²) in [5.41, 5.74) is 8.94. The predicted molar refractivity (Wildman–Crippen MR) is 196 cm³/mol. The van der Waals surface area contributed by atoms with Crippen molar-refractivity contribution in [3.05, 3.63) is 83.9 Å². The summed E-state index contributed by atoms with van der Waals surface area (Å²) in [6.07, 6.45) is 26.4. The van der Waals surface area contributed by atoms with Crippen LogP contribution in [0.3, 0.4) is 0 Å². The van der Waals surface area contributed by atoms with Crippen molar-refractivity contribution < 1.29 is 9.90 Å². The van der Waals surface area contributed by atoms with Crippen molar-refractivity contribution in [2.24, 2.45) is 35.3 Å². The molecule has 0 spiro atoms. The molecule has 3 heteroatoms. The molecule has 0 aliphatic heterocycles. The van der Waals surface area contributed by atoms with E-state index in [4.69, 9.17) is 5.73 Å². The molecular formula is C44H61NO2. The molecule has 3 aliphatic rings. The first kappa shape index (κ1) is 35.5. The molecule has 0 aromatic heterocycles. The van der Waals surface area contributed by atoms with Crippen LogP contribution in [0.4, 0.5) is 0 Å². The Labute approximate surface area is 286 Å². The largest absolute Gasteiger partial charge is 0.481 e. The Morgan fingerprint density at radius 1 is 0.830 bits per heavy atom. The molecule has 0 saturated heterocycles. The second-order valence-corrected chi connectivity index (χ2v) is 15.3. The van der Waals surface area contributed by atoms with E-state index < -0.39 is 5.97 Å². The van der Waals surface area contributed by atoms with E-state index in [-0.39, 0.29) is 23.7 Å². The number of carboxylic acids is 1. The van der Waals surface area contributed by atoms with Crippen molar-refractivity contribution in [1.82, 2.24) is 0 Å². The minimum absolute atomic E-state index is 0.0935. The van der Waals surface area contributed by atoms with Crippen LogP contribution in [0.25, 0.3) is 0 Å². The van der Waals surface area contributed by atoms with Gasteiger partial charge in [0.1, 0.15) is 0 Å². The molecule has 3 aliphatic carbocycles. The van der Waals surface area contributed by atoms with Crippen molar-refractivity contribution in [3.63, 3.8) is 0 Å². The van der Waals surface area contributed by atoms with E-state index in [1.54, 1.807) is 0 Å². The van der Waals surface area contributed by atoms with Gasteiger partial charge in [0.25, 0.3) is 0 Å². The van der Waals surface area contributed by atoms with E-state index in [1.807, 2.05) is 0 Å². The molecule has 0 heterocycles. The zero-order valence-electron chi connectivity index (χ0n) is 29.0. The Morgan fingerprint density at radius 3 is 2.32 bits per heavy atom. The second-order valence-electron chi connectivity index (χ2n) is 15.3. The quantitative estimate of drug-likeness (QED) is 0.191. The summed E-state index contributed by atoms with van der Waals surface area (Å²) in [5.74, 6) is 9.52. The van der Waals surface area contributed by atoms with Gasteiger partial charge in [-0.2, -0.15) is 0 Å². The van der Waals surface area contributed by atoms with Gasteiger partial charge in [-0.3, -0.25) is 4.79 Å². The van der Waals surface area contributed by atoms with Crippen molar-refractivity contribution in [1.29, 1.82) is 0 Å². The van der Waals surface area contributed by atoms with Gasteiger partial charge in [0.05, 0.1) is 0 Å². The van der Waals surface area contributed by atoms with Gasteiger partial charge in [-0.15, -0.1) is 5.92 Å². The normalized spacial score (nSPS) is 29.4. The molecule has 47 heavy (non-hydrogen) atoms. The fraction of sp³-hybridized carbons (Fsp3) is 0.614. The summed E-state index contributed by atoms with van der Waals surface area (Å²) in [5, 5.41) is 10.2. The van der Waals surface area contributed by atoms with Gasteiger partial charge in [0.2, 0.25) is 0 Å². The molecule has 2 aromatic carbocycles. The highest BCUT2D eigenvalue weighted by Crippen LogP contribution is 2.50. The first-order chi connectivity index (χ1) is 23.1. The number of fused-ring (bicyclic) bond motifs is 1. The monoisotopic (exact) mass is 635 g/mol. The van der Waals surface area contributed by atoms with E-state index in [9.17, 15) is 9.90 Å². The maximum atomic E-state index is 12.5. The van der Waals surface area contributed by atoms with Gasteiger partial charge >= 0.3 is 5.97 Å². The number of nitrogens with two attached hydrogens (primary N) is 1. The highest BCUT2D eigenvalue weighted by Gasteiger charge is 2.44. The summed E-state index contributed by atoms with van der Waals surface area (Å²) in [6, 6.07) is 22.1. The average molecular weight is 636 g/mol. The smallest absolute Gasteiger partial charge is 0.303 e. The third kappa shape index (κ3) is 10.3. The third-order valence-electron chi connectivity index (χ3n) is 12.2. The van der Waals surface area contributed by atoms with Gasteiger partial charge in [0.15, 0.2) is 0 Å². The molecule has 254 valence electrons. The van der Waals surface area contributed by atoms with Crippen molar-refractivity contribution in [3.8, 4) is 11.8 Å². The van der Waals surface area contributed by atoms with E-state index in [0.717, 1.165) is 63.7 Å². The topological polar surface area (TPSA) is 63.3 Å². The number of carbonyl (C=O) groups is 1. The predicted octanol–water partition coefficient (Wildman–Crippen LogP) is 10.8. The lowest BCUT2D eigenvalue weighted by atomic mass is 9.57. The van der Waals surface area contributed by atoms with Crippen LogP contribution in [0.2, 0.25) is 0 Å². The number of hydrogen-bond acceptors (Lipinski definition) is 2. The summed E-state index contributed by atoms with van der Waals surface area (Å²) in [7, 11) is 0. The SMILES string of the molecule is NCC[C@H]1CC[C@@H](CC=CCCC2CCCCC2)C[C@H](c2ccccc2)CC#C[C@@H]2CCCC[C@@]2(c2ccccc2)C[C@H]1CC(=O)O. The maximum Gasteiger partial charge on any atom is 0.303 e. The molecule has 3 N–H and O–H groups in total. The minimum Gasteiger partial charge on any atom is -0.481 e. The van der Waals surface area contributed by atoms with Gasteiger partial charge in [-0.1, -0.05) is 124 Å². The number of aliphatic carboxylic acids is 1. The zero-order chi connectivity index (χ0) is 32.7. The van der Waals surface area contributed by atoms with Crippen LogP contribution in [0.5, 0.6) is 0 Å². The Hall–Kier alpha value is -2.83. The standard InChI is InChI=1S/C44H61NO2/c45-31-29-38-28-27-36(19-8-2-7-18-35-16-5-1-6-17-35)32-39(37-20-9-3-10-21-37)22-15-26-42-25-13-14-30-44(42,34-40(38)33-43(46)47)41-23-11-4-12-24-41/h2-4,8-12,20-21,23-24,35-36,38-40,42H,1,5-7,13-14,16-19,22,25,27-34,45H2,(H,46,47)/t36-,38-,39-,40-,42+,44+/m1/s1. The summed E-state index contributed by atoms with van der Waals surface area (Å²) < 4.78 is 0. The van der Waals surface area contributed by atoms with Crippen LogP contribution >= 0.6 is 0 Å². The zero-order valence-corrected chi connectivity index (χ0v) is 29.0. The fourth-order valence-electron chi connectivity index (χ4n) is 9.62. The van der Waals surface area contributed by atoms with Crippen LogP contribution in [-0.4, -0.2) is 17.6 Å². The molecule has 3 nitrogen and oxygen atoms in total. The van der Waals surface area contributed by atoms with Gasteiger partial charge < -0.3 is 10.8 Å². The van der Waals surface area contributed by atoms with E-state index in [0.29, 0.717) is 24.3 Å². The highest BCUT2D eigenvalue weighted by molar-refractivity contribution is 5.67. The number of benzene rings is 2. The fourth-order valence-corrected chi connectivity index (χ4v) is 9.62. The number of hydrogen-bond donors (Lipinski definition) is 2. The van der Waals surface area contributed by atoms with Crippen molar-refractivity contribution in [2.45, 2.75) is 133 Å². The van der Waals surface area contributed by atoms with E-state index in [1.165, 1.54) is 68.9 Å². The third-order valence-corrected chi connectivity index (χ3v) is 12.2. The first-order valence-corrected chi connectivity index (χ1v) is 19.2. The first-order valence-electron chi connectivity index (χ1n) is 19.2. The van der Waals surface area contributed by atoms with Crippen LogP contribution in [0, 0.1) is 41.4 Å². The summed E-state index contributed by atoms with van der Waals surface area (Å²) in [4.78, 5) is 12.5. The van der Waals surface area contributed by atoms with Crippen molar-refractivity contribution in [2.75, 3.05) is 6.54 Å². The van der Waals surface area contributed by atoms with Crippen LogP contribution < -0.4 is 5.73 Å². The Balaban J connectivity index is 1.45. The maximum absolute atomic E-state index is 12.5. The molecule has 0 unspecified atom stereocenters. The lowest BCUT2D eigenvalue weighted by Gasteiger charge is -2.46. The van der Waals surface area contributed by atoms with Crippen LogP contribution in [-0.2, 0) is 10.2 Å². The Bertz CT molecular complexity index is 1290. The molecule has 2 saturated carbocycles. The molecule has 2 fully saturated rings. The molecule has 5 rings (SSSR count). The van der Waals surface area contributed by atoms with E-state index in [2.05, 4.69) is 84.7 Å². The molecule has 2 aromatic rings. The lowest BCUT2D eigenvalue weighted by Crippen LogP contribution is -2.41. The van der Waals surface area contributed by atoms with Gasteiger partial charge in [0, 0.05) is 24.2 Å². The van der Waals surface area contributed by atoms with Crippen molar-refractivity contribution >= 4 is 5.97 Å². The lowest BCUT2D eigenvalue weighted by molar-refractivity contribution is -0.139. The highest BCUT2D eigenvalue weighted by atomic mass is 16.4. The molecule has 0 radical (unpaired) electrons. The number of allylic oxidation sites excluding steroid dienone is 2. The molecule has 0 amide bonds. The summed E-state index contributed by atoms with van der Waals surface area (Å²) >= 11 is 0. The Kier molecular flexibility index (Phi) is 14.1. The average Bonchev–Trinajstić information content (AvgIpc) is 3.11. The van der Waals surface area contributed by atoms with Gasteiger partial charge in [-0.25, -0.2) is 0 Å². The number of carboxylic acid groups (broad SMARTS) is 1. The van der Waals surface area contributed by atoms with Crippen LogP contribution in [0.15, 0.2) is 72.8 Å².